The van der Waals surface area contributed by atoms with E-state index in [9.17, 15) is 18.3 Å². The Morgan fingerprint density at radius 1 is 1.33 bits per heavy atom. The molecule has 0 spiro atoms. The summed E-state index contributed by atoms with van der Waals surface area (Å²) in [5.41, 5.74) is 1.97. The molecule has 126 valence electrons. The Morgan fingerprint density at radius 3 is 2.71 bits per heavy atom. The number of benzene rings is 1. The van der Waals surface area contributed by atoms with Crippen molar-refractivity contribution in [2.75, 3.05) is 25.1 Å². The highest BCUT2D eigenvalue weighted by molar-refractivity contribution is 7.89. The van der Waals surface area contributed by atoms with Crippen molar-refractivity contribution in [3.8, 4) is 0 Å². The largest absolute Gasteiger partial charge is 0.396 e. The molecule has 2 aromatic rings. The molecule has 0 saturated heterocycles. The number of hydrogen-bond donors (Lipinski definition) is 2. The van der Waals surface area contributed by atoms with E-state index in [4.69, 9.17) is 0 Å². The van der Waals surface area contributed by atoms with Crippen LogP contribution in [0.5, 0.6) is 0 Å². The van der Waals surface area contributed by atoms with Crippen molar-refractivity contribution in [1.29, 1.82) is 0 Å². The maximum absolute atomic E-state index is 12.7. The summed E-state index contributed by atoms with van der Waals surface area (Å²) in [7, 11) is -2.34. The molecular weight excluding hydrogens is 330 g/mol. The molecule has 24 heavy (non-hydrogen) atoms. The number of hydrogen-bond acceptors (Lipinski definition) is 5. The zero-order chi connectivity index (χ0) is 17.3. The minimum atomic E-state index is -3.64. The summed E-state index contributed by atoms with van der Waals surface area (Å²) in [6.07, 6.45) is 1.25. The highest BCUT2D eigenvalue weighted by Gasteiger charge is 2.32. The molecule has 7 nitrogen and oxygen atoms in total. The number of carbonyl (C=O) groups excluding carboxylic acids is 1. The van der Waals surface area contributed by atoms with Gasteiger partial charge >= 0.3 is 0 Å². The number of rotatable bonds is 4. The van der Waals surface area contributed by atoms with E-state index in [0.717, 1.165) is 11.3 Å². The van der Waals surface area contributed by atoms with Gasteiger partial charge in [0.05, 0.1) is 12.2 Å². The predicted octanol–water partition coefficient (Wildman–Crippen LogP) is 0.726. The minimum Gasteiger partial charge on any atom is -0.396 e. The number of sulfonamides is 1. The Kier molecular flexibility index (Phi) is 4.35. The van der Waals surface area contributed by atoms with Gasteiger partial charge < -0.3 is 10.0 Å². The van der Waals surface area contributed by atoms with Crippen molar-refractivity contribution < 1.29 is 18.3 Å². The monoisotopic (exact) mass is 347 g/mol. The van der Waals surface area contributed by atoms with Crippen LogP contribution in [-0.4, -0.2) is 44.6 Å². The summed E-state index contributed by atoms with van der Waals surface area (Å²) in [4.78, 5) is 18.2. The summed E-state index contributed by atoms with van der Waals surface area (Å²) in [6, 6.07) is 10.2. The SMILES string of the molecule is CNS(=O)(=O)c1ccc(C(=O)N2C[C@@H](CO)c3ccccc32)cn1. The highest BCUT2D eigenvalue weighted by Crippen LogP contribution is 2.36. The molecule has 1 aliphatic heterocycles. The van der Waals surface area contributed by atoms with Crippen molar-refractivity contribution in [2.24, 2.45) is 0 Å². The second-order valence-electron chi connectivity index (χ2n) is 5.45. The molecule has 0 saturated carbocycles. The third-order valence-electron chi connectivity index (χ3n) is 4.06. The molecule has 3 rings (SSSR count). The predicted molar refractivity (Wildman–Crippen MR) is 88.4 cm³/mol. The minimum absolute atomic E-state index is 0.0433. The van der Waals surface area contributed by atoms with Gasteiger partial charge in [-0.05, 0) is 30.8 Å². The quantitative estimate of drug-likeness (QED) is 0.849. The van der Waals surface area contributed by atoms with Gasteiger partial charge in [-0.15, -0.1) is 0 Å². The van der Waals surface area contributed by atoms with E-state index in [1.54, 1.807) is 4.90 Å². The van der Waals surface area contributed by atoms with Crippen molar-refractivity contribution in [3.63, 3.8) is 0 Å². The lowest BCUT2D eigenvalue weighted by molar-refractivity contribution is 0.0986. The van der Waals surface area contributed by atoms with Gasteiger partial charge in [0, 0.05) is 24.3 Å². The van der Waals surface area contributed by atoms with Crippen LogP contribution in [-0.2, 0) is 10.0 Å². The normalized spacial score (nSPS) is 16.9. The topological polar surface area (TPSA) is 99.6 Å². The molecule has 1 aromatic carbocycles. The summed E-state index contributed by atoms with van der Waals surface area (Å²) in [6.45, 7) is 0.337. The second-order valence-corrected chi connectivity index (χ2v) is 7.28. The highest BCUT2D eigenvalue weighted by atomic mass is 32.2. The molecule has 0 radical (unpaired) electrons. The fraction of sp³-hybridized carbons (Fsp3) is 0.250. The number of aliphatic hydroxyl groups is 1. The van der Waals surface area contributed by atoms with Crippen molar-refractivity contribution in [3.05, 3.63) is 53.7 Å². The summed E-state index contributed by atoms with van der Waals surface area (Å²) in [5.74, 6) is -0.402. The average Bonchev–Trinajstić information content (AvgIpc) is 3.00. The first-order valence-corrected chi connectivity index (χ1v) is 8.87. The fourth-order valence-corrected chi connectivity index (χ4v) is 3.42. The number of fused-ring (bicyclic) bond motifs is 1. The zero-order valence-electron chi connectivity index (χ0n) is 13.0. The summed E-state index contributed by atoms with van der Waals surface area (Å²) < 4.78 is 25.5. The van der Waals surface area contributed by atoms with Crippen LogP contribution in [0.25, 0.3) is 0 Å². The van der Waals surface area contributed by atoms with E-state index in [-0.39, 0.29) is 23.5 Å². The summed E-state index contributed by atoms with van der Waals surface area (Å²) >= 11 is 0. The molecule has 1 amide bonds. The van der Waals surface area contributed by atoms with Crippen molar-refractivity contribution >= 4 is 21.6 Å². The number of aromatic nitrogens is 1. The first kappa shape index (κ1) is 16.6. The van der Waals surface area contributed by atoms with E-state index >= 15 is 0 Å². The van der Waals surface area contributed by atoms with Crippen LogP contribution in [0.3, 0.4) is 0 Å². The van der Waals surface area contributed by atoms with Gasteiger partial charge in [-0.25, -0.2) is 18.1 Å². The number of aliphatic hydroxyl groups excluding tert-OH is 1. The third-order valence-corrected chi connectivity index (χ3v) is 5.39. The molecule has 0 unspecified atom stereocenters. The number of anilines is 1. The summed E-state index contributed by atoms with van der Waals surface area (Å²) in [5, 5.41) is 9.37. The Bertz CT molecular complexity index is 865. The van der Waals surface area contributed by atoms with Gasteiger partial charge in [0.1, 0.15) is 0 Å². The molecule has 1 atom stereocenters. The molecule has 0 aliphatic carbocycles. The molecule has 1 aromatic heterocycles. The van der Waals surface area contributed by atoms with Gasteiger partial charge in [0.25, 0.3) is 15.9 Å². The van der Waals surface area contributed by atoms with E-state index in [1.165, 1.54) is 25.4 Å². The first-order valence-electron chi connectivity index (χ1n) is 7.39. The molecule has 0 bridgehead atoms. The number of para-hydroxylation sites is 1. The number of pyridine rings is 1. The number of amides is 1. The second kappa shape index (κ2) is 6.31. The lowest BCUT2D eigenvalue weighted by atomic mass is 10.0. The first-order chi connectivity index (χ1) is 11.5. The maximum Gasteiger partial charge on any atom is 0.259 e. The van der Waals surface area contributed by atoms with Crippen LogP contribution in [0.15, 0.2) is 47.6 Å². The van der Waals surface area contributed by atoms with Gasteiger partial charge in [0.15, 0.2) is 5.03 Å². The number of nitrogens with one attached hydrogen (secondary N) is 1. The molecular formula is C16H17N3O4S. The van der Waals surface area contributed by atoms with Crippen LogP contribution >= 0.6 is 0 Å². The maximum atomic E-state index is 12.7. The van der Waals surface area contributed by atoms with Crippen LogP contribution in [0.2, 0.25) is 0 Å². The number of nitrogens with zero attached hydrogens (tertiary/aromatic N) is 2. The molecule has 0 fully saturated rings. The molecule has 2 N–H and O–H groups in total. The van der Waals surface area contributed by atoms with Gasteiger partial charge in [-0.2, -0.15) is 0 Å². The third kappa shape index (κ3) is 2.79. The molecule has 1 aliphatic rings. The Labute approximate surface area is 140 Å². The average molecular weight is 347 g/mol. The van der Waals surface area contributed by atoms with E-state index in [0.29, 0.717) is 12.1 Å². The number of carbonyl (C=O) groups is 1. The standard InChI is InChI=1S/C16H17N3O4S/c1-17-24(22,23)15-7-6-11(8-18-15)16(21)19-9-12(10-20)13-4-2-3-5-14(13)19/h2-8,12,17,20H,9-10H2,1H3/t12-/m0/s1. The Hall–Kier alpha value is -2.29. The Morgan fingerprint density at radius 2 is 2.08 bits per heavy atom. The van der Waals surface area contributed by atoms with Gasteiger partial charge in [0.2, 0.25) is 0 Å². The van der Waals surface area contributed by atoms with Crippen molar-refractivity contribution in [1.82, 2.24) is 9.71 Å². The van der Waals surface area contributed by atoms with Crippen LogP contribution in [0, 0.1) is 0 Å². The molecule has 8 heteroatoms. The lowest BCUT2D eigenvalue weighted by Crippen LogP contribution is -2.30. The smallest absolute Gasteiger partial charge is 0.259 e. The molecule has 2 heterocycles. The van der Waals surface area contributed by atoms with Crippen LogP contribution < -0.4 is 9.62 Å². The van der Waals surface area contributed by atoms with Crippen LogP contribution in [0.1, 0.15) is 21.8 Å². The van der Waals surface area contributed by atoms with E-state index in [1.807, 2.05) is 24.3 Å². The van der Waals surface area contributed by atoms with Crippen molar-refractivity contribution in [2.45, 2.75) is 10.9 Å². The van der Waals surface area contributed by atoms with Crippen LogP contribution in [0.4, 0.5) is 5.69 Å². The lowest BCUT2D eigenvalue weighted by Gasteiger charge is -2.17. The van der Waals surface area contributed by atoms with E-state index in [2.05, 4.69) is 9.71 Å². The van der Waals surface area contributed by atoms with Gasteiger partial charge in [-0.3, -0.25) is 4.79 Å². The van der Waals surface area contributed by atoms with Gasteiger partial charge in [-0.1, -0.05) is 18.2 Å². The Balaban J connectivity index is 1.91. The zero-order valence-corrected chi connectivity index (χ0v) is 13.8. The fourth-order valence-electron chi connectivity index (χ4n) is 2.77. The van der Waals surface area contributed by atoms with E-state index < -0.39 is 10.0 Å².